The van der Waals surface area contributed by atoms with E-state index in [-0.39, 0.29) is 30.2 Å². The Kier molecular flexibility index (Phi) is 3.33. The number of phenolic OH excluding ortho intramolecular Hbond substituents is 2. The van der Waals surface area contributed by atoms with Crippen LogP contribution in [0.1, 0.15) is 5.56 Å². The molecule has 6 N–H and O–H groups in total. The van der Waals surface area contributed by atoms with Crippen molar-refractivity contribution in [2.75, 3.05) is 6.54 Å². The fourth-order valence-corrected chi connectivity index (χ4v) is 1.14. The van der Waals surface area contributed by atoms with Gasteiger partial charge in [0.25, 0.3) is 0 Å². The van der Waals surface area contributed by atoms with Gasteiger partial charge in [-0.3, -0.25) is 4.99 Å². The molecule has 0 spiro atoms. The van der Waals surface area contributed by atoms with E-state index >= 15 is 0 Å². The van der Waals surface area contributed by atoms with Crippen LogP contribution in [0.2, 0.25) is 0 Å². The highest BCUT2D eigenvalue weighted by molar-refractivity contribution is 5.75. The maximum Gasteiger partial charge on any atom is 0.185 e. The largest absolute Gasteiger partial charge is 0.504 e. The van der Waals surface area contributed by atoms with Crippen molar-refractivity contribution >= 4 is 5.96 Å². The molecule has 82 valence electrons. The van der Waals surface area contributed by atoms with Crippen LogP contribution in [0.15, 0.2) is 17.1 Å². The van der Waals surface area contributed by atoms with Gasteiger partial charge in [0, 0.05) is 18.2 Å². The second kappa shape index (κ2) is 4.50. The molecule has 0 saturated heterocycles. The SMILES string of the molecule is NC(N)=NCCc1cc(F)cc(O)c1O. The van der Waals surface area contributed by atoms with Gasteiger partial charge in [-0.25, -0.2) is 4.39 Å². The Morgan fingerprint density at radius 1 is 1.33 bits per heavy atom. The predicted octanol–water partition coefficient (Wildman–Crippen LogP) is 0.0528. The van der Waals surface area contributed by atoms with E-state index in [4.69, 9.17) is 16.6 Å². The minimum atomic E-state index is -0.620. The zero-order valence-electron chi connectivity index (χ0n) is 7.94. The standard InChI is InChI=1S/C9H12FN3O2/c10-6-3-5(1-2-13-9(11)12)8(15)7(14)4-6/h3-4,14-15H,1-2H2,(H4,11,12,13). The molecule has 0 atom stereocenters. The van der Waals surface area contributed by atoms with Crippen LogP contribution in [0.3, 0.4) is 0 Å². The number of aliphatic imine (C=N–C) groups is 1. The number of hydrogen-bond donors (Lipinski definition) is 4. The van der Waals surface area contributed by atoms with Gasteiger partial charge in [0.15, 0.2) is 17.5 Å². The molecule has 5 nitrogen and oxygen atoms in total. The zero-order chi connectivity index (χ0) is 11.4. The molecule has 15 heavy (non-hydrogen) atoms. The van der Waals surface area contributed by atoms with Gasteiger partial charge in [-0.1, -0.05) is 0 Å². The van der Waals surface area contributed by atoms with E-state index in [1.165, 1.54) is 0 Å². The van der Waals surface area contributed by atoms with Gasteiger partial charge in [-0.2, -0.15) is 0 Å². The topological polar surface area (TPSA) is 105 Å². The summed E-state index contributed by atoms with van der Waals surface area (Å²) in [4.78, 5) is 3.68. The summed E-state index contributed by atoms with van der Waals surface area (Å²) < 4.78 is 12.8. The van der Waals surface area contributed by atoms with Gasteiger partial charge in [0.05, 0.1) is 0 Å². The average Bonchev–Trinajstić information content (AvgIpc) is 2.12. The number of halogens is 1. The summed E-state index contributed by atoms with van der Waals surface area (Å²) in [6.45, 7) is 0.221. The molecule has 0 fully saturated rings. The summed E-state index contributed by atoms with van der Waals surface area (Å²) in [5, 5.41) is 18.5. The van der Waals surface area contributed by atoms with Gasteiger partial charge in [-0.15, -0.1) is 0 Å². The Morgan fingerprint density at radius 2 is 2.00 bits per heavy atom. The molecule has 6 heteroatoms. The number of phenols is 2. The molecule has 1 aromatic carbocycles. The van der Waals surface area contributed by atoms with Gasteiger partial charge in [0.1, 0.15) is 5.82 Å². The molecule has 0 amide bonds. The predicted molar refractivity (Wildman–Crippen MR) is 54.1 cm³/mol. The summed E-state index contributed by atoms with van der Waals surface area (Å²) in [6.07, 6.45) is 0.245. The van der Waals surface area contributed by atoms with Crippen molar-refractivity contribution in [3.63, 3.8) is 0 Å². The summed E-state index contributed by atoms with van der Waals surface area (Å²) in [5.41, 5.74) is 10.5. The van der Waals surface area contributed by atoms with Crippen molar-refractivity contribution in [3.05, 3.63) is 23.5 Å². The molecule has 0 aromatic heterocycles. The van der Waals surface area contributed by atoms with Gasteiger partial charge >= 0.3 is 0 Å². The molecule has 1 aromatic rings. The molecule has 0 aliphatic carbocycles. The quantitative estimate of drug-likeness (QED) is 0.323. The maximum absolute atomic E-state index is 12.8. The molecule has 0 bridgehead atoms. The minimum absolute atomic E-state index is 0.0740. The molecule has 0 saturated carbocycles. The van der Waals surface area contributed by atoms with Crippen LogP contribution in [-0.2, 0) is 6.42 Å². The summed E-state index contributed by atoms with van der Waals surface area (Å²) in [7, 11) is 0. The molecular weight excluding hydrogens is 201 g/mol. The average molecular weight is 213 g/mol. The van der Waals surface area contributed by atoms with Crippen LogP contribution in [0.5, 0.6) is 11.5 Å². The van der Waals surface area contributed by atoms with Gasteiger partial charge < -0.3 is 21.7 Å². The molecule has 0 heterocycles. The number of nitrogens with zero attached hydrogens (tertiary/aromatic N) is 1. The van der Waals surface area contributed by atoms with Gasteiger partial charge in [-0.05, 0) is 12.5 Å². The number of rotatable bonds is 3. The van der Waals surface area contributed by atoms with E-state index in [2.05, 4.69) is 4.99 Å². The summed E-state index contributed by atoms with van der Waals surface area (Å²) in [5.74, 6) is -1.53. The molecule has 0 unspecified atom stereocenters. The third-order valence-electron chi connectivity index (χ3n) is 1.81. The fraction of sp³-hybridized carbons (Fsp3) is 0.222. The smallest absolute Gasteiger partial charge is 0.185 e. The lowest BCUT2D eigenvalue weighted by Crippen LogP contribution is -2.23. The molecule has 0 aliphatic heterocycles. The van der Waals surface area contributed by atoms with E-state index in [0.29, 0.717) is 0 Å². The lowest BCUT2D eigenvalue weighted by atomic mass is 10.1. The third kappa shape index (κ3) is 3.01. The first kappa shape index (κ1) is 11.1. The van der Waals surface area contributed by atoms with Crippen LogP contribution >= 0.6 is 0 Å². The first-order valence-electron chi connectivity index (χ1n) is 4.26. The van der Waals surface area contributed by atoms with E-state index in [1.54, 1.807) is 0 Å². The van der Waals surface area contributed by atoms with E-state index in [1.807, 2.05) is 0 Å². The summed E-state index contributed by atoms with van der Waals surface area (Å²) >= 11 is 0. The molecule has 1 rings (SSSR count). The second-order valence-electron chi connectivity index (χ2n) is 2.99. The highest BCUT2D eigenvalue weighted by Gasteiger charge is 2.08. The van der Waals surface area contributed by atoms with Gasteiger partial charge in [0.2, 0.25) is 0 Å². The number of benzene rings is 1. The Bertz CT molecular complexity index is 389. The Balaban J connectivity index is 2.81. The van der Waals surface area contributed by atoms with E-state index < -0.39 is 11.6 Å². The van der Waals surface area contributed by atoms with Crippen LogP contribution in [0.25, 0.3) is 0 Å². The van der Waals surface area contributed by atoms with Crippen molar-refractivity contribution in [2.45, 2.75) is 6.42 Å². The van der Waals surface area contributed by atoms with E-state index in [0.717, 1.165) is 12.1 Å². The van der Waals surface area contributed by atoms with Crippen LogP contribution < -0.4 is 11.5 Å². The highest BCUT2D eigenvalue weighted by Crippen LogP contribution is 2.30. The molecular formula is C9H12FN3O2. The Labute approximate surface area is 85.9 Å². The van der Waals surface area contributed by atoms with Crippen LogP contribution in [0.4, 0.5) is 4.39 Å². The maximum atomic E-state index is 12.8. The number of aromatic hydroxyl groups is 2. The highest BCUT2D eigenvalue weighted by atomic mass is 19.1. The monoisotopic (exact) mass is 213 g/mol. The number of guanidine groups is 1. The normalized spacial score (nSPS) is 9.93. The second-order valence-corrected chi connectivity index (χ2v) is 2.99. The van der Waals surface area contributed by atoms with Crippen LogP contribution in [0, 0.1) is 5.82 Å². The van der Waals surface area contributed by atoms with Crippen molar-refractivity contribution < 1.29 is 14.6 Å². The molecule has 0 aliphatic rings. The zero-order valence-corrected chi connectivity index (χ0v) is 7.94. The lowest BCUT2D eigenvalue weighted by molar-refractivity contribution is 0.395. The van der Waals surface area contributed by atoms with Crippen molar-refractivity contribution in [2.24, 2.45) is 16.5 Å². The Hall–Kier alpha value is -1.98. The first-order valence-corrected chi connectivity index (χ1v) is 4.26. The lowest BCUT2D eigenvalue weighted by Gasteiger charge is -2.05. The van der Waals surface area contributed by atoms with E-state index in [9.17, 15) is 9.50 Å². The van der Waals surface area contributed by atoms with Crippen LogP contribution in [-0.4, -0.2) is 22.7 Å². The Morgan fingerprint density at radius 3 is 2.60 bits per heavy atom. The van der Waals surface area contributed by atoms with Crippen molar-refractivity contribution in [1.82, 2.24) is 0 Å². The number of hydrogen-bond acceptors (Lipinski definition) is 3. The van der Waals surface area contributed by atoms with Crippen molar-refractivity contribution in [3.8, 4) is 11.5 Å². The fourth-order valence-electron chi connectivity index (χ4n) is 1.14. The third-order valence-corrected chi connectivity index (χ3v) is 1.81. The number of nitrogens with two attached hydrogens (primary N) is 2. The minimum Gasteiger partial charge on any atom is -0.504 e. The van der Waals surface area contributed by atoms with Crippen molar-refractivity contribution in [1.29, 1.82) is 0 Å². The molecule has 0 radical (unpaired) electrons. The summed E-state index contributed by atoms with van der Waals surface area (Å²) in [6, 6.07) is 1.96. The first-order chi connectivity index (χ1) is 7.00.